The van der Waals surface area contributed by atoms with Crippen molar-refractivity contribution in [1.29, 1.82) is 0 Å². The molecular weight excluding hydrogens is 296 g/mol. The maximum absolute atomic E-state index is 12.1. The number of methoxy groups -OCH3 is 1. The smallest absolute Gasteiger partial charge is 0.284 e. The first-order valence-electron chi connectivity index (χ1n) is 6.46. The van der Waals surface area contributed by atoms with Crippen molar-refractivity contribution in [2.75, 3.05) is 12.4 Å². The van der Waals surface area contributed by atoms with Gasteiger partial charge in [-0.05, 0) is 29.8 Å². The summed E-state index contributed by atoms with van der Waals surface area (Å²) in [7, 11) is 1.65. The predicted molar refractivity (Wildman–Crippen MR) is 80.5 cm³/mol. The second-order valence-corrected chi connectivity index (χ2v) is 5.40. The van der Waals surface area contributed by atoms with Crippen molar-refractivity contribution in [3.63, 3.8) is 0 Å². The minimum atomic E-state index is -2.37. The molecule has 6 heteroatoms. The number of furan rings is 1. The normalized spacial score (nSPS) is 11.0. The van der Waals surface area contributed by atoms with Crippen LogP contribution in [0, 0.1) is 0 Å². The van der Waals surface area contributed by atoms with Crippen LogP contribution in [0.25, 0.3) is 0 Å². The lowest BCUT2D eigenvalue weighted by molar-refractivity contribution is 0.185. The van der Waals surface area contributed by atoms with Crippen LogP contribution in [-0.2, 0) is 23.6 Å². The van der Waals surface area contributed by atoms with E-state index in [1.165, 1.54) is 0 Å². The molecule has 1 aromatic carbocycles. The van der Waals surface area contributed by atoms with Crippen molar-refractivity contribution in [2.24, 2.45) is 0 Å². The van der Waals surface area contributed by atoms with Crippen molar-refractivity contribution in [1.82, 2.24) is 0 Å². The molecule has 0 bridgehead atoms. The molecule has 114 valence electrons. The molecule has 0 spiro atoms. The van der Waals surface area contributed by atoms with Gasteiger partial charge < -0.3 is 14.5 Å². The first-order valence-corrected chi connectivity index (χ1v) is 7.51. The van der Waals surface area contributed by atoms with Gasteiger partial charge in [0, 0.05) is 12.8 Å². The number of anilines is 1. The molecular formula is C15H17F2NO2S. The molecule has 0 saturated heterocycles. The summed E-state index contributed by atoms with van der Waals surface area (Å²) in [5.41, 5.74) is 2.04. The highest BCUT2D eigenvalue weighted by Gasteiger charge is 2.07. The predicted octanol–water partition coefficient (Wildman–Crippen LogP) is 4.49. The fraction of sp³-hybridized carbons (Fsp3) is 0.333. The fourth-order valence-electron chi connectivity index (χ4n) is 1.87. The zero-order chi connectivity index (χ0) is 15.1. The van der Waals surface area contributed by atoms with Gasteiger partial charge in [-0.25, -0.2) is 0 Å². The number of halogens is 2. The van der Waals surface area contributed by atoms with Crippen LogP contribution >= 0.6 is 11.8 Å². The Morgan fingerprint density at radius 3 is 2.81 bits per heavy atom. The van der Waals surface area contributed by atoms with Crippen LogP contribution in [0.3, 0.4) is 0 Å². The fourth-order valence-corrected chi connectivity index (χ4v) is 2.31. The van der Waals surface area contributed by atoms with Crippen molar-refractivity contribution in [3.8, 4) is 0 Å². The van der Waals surface area contributed by atoms with Gasteiger partial charge in [-0.2, -0.15) is 8.78 Å². The third-order valence-electron chi connectivity index (χ3n) is 2.77. The second kappa shape index (κ2) is 8.05. The first kappa shape index (κ1) is 15.9. The van der Waals surface area contributed by atoms with Gasteiger partial charge in [0.15, 0.2) is 0 Å². The molecule has 0 aliphatic carbocycles. The number of rotatable bonds is 8. The Hall–Kier alpha value is -1.53. The second-order valence-electron chi connectivity index (χ2n) is 4.43. The van der Waals surface area contributed by atoms with Gasteiger partial charge in [0.2, 0.25) is 0 Å². The molecule has 21 heavy (non-hydrogen) atoms. The first-order chi connectivity index (χ1) is 10.2. The average molecular weight is 313 g/mol. The number of hydrogen-bond acceptors (Lipinski definition) is 4. The molecule has 0 radical (unpaired) electrons. The summed E-state index contributed by atoms with van der Waals surface area (Å²) < 4.78 is 34.8. The summed E-state index contributed by atoms with van der Waals surface area (Å²) in [5.74, 6) is -0.913. The molecule has 3 nitrogen and oxygen atoms in total. The Labute approximate surface area is 126 Å². The number of nitrogens with one attached hydrogen (secondary N) is 1. The van der Waals surface area contributed by atoms with E-state index < -0.39 is 5.76 Å². The van der Waals surface area contributed by atoms with Crippen molar-refractivity contribution in [3.05, 3.63) is 53.5 Å². The van der Waals surface area contributed by atoms with Crippen LogP contribution in [-0.4, -0.2) is 12.9 Å². The van der Waals surface area contributed by atoms with Crippen molar-refractivity contribution < 1.29 is 17.9 Å². The highest BCUT2D eigenvalue weighted by Crippen LogP contribution is 2.21. The molecule has 2 rings (SSSR count). The molecule has 0 aliphatic rings. The average Bonchev–Trinajstić information content (AvgIpc) is 2.92. The van der Waals surface area contributed by atoms with Crippen LogP contribution in [0.2, 0.25) is 0 Å². The van der Waals surface area contributed by atoms with Crippen LogP contribution in [0.4, 0.5) is 14.5 Å². The largest absolute Gasteiger partial charge is 0.463 e. The molecule has 0 unspecified atom stereocenters. The van der Waals surface area contributed by atoms with Crippen LogP contribution in [0.1, 0.15) is 17.1 Å². The molecule has 1 heterocycles. The minimum Gasteiger partial charge on any atom is -0.463 e. The highest BCUT2D eigenvalue weighted by atomic mass is 32.2. The monoisotopic (exact) mass is 313 g/mol. The Bertz CT molecular complexity index is 560. The standard InChI is InChI=1S/C15H17F2NO2S/c1-19-9-11-3-2-4-12(7-11)18-8-13-5-6-14(20-13)10-21-15(16)17/h2-7,15,18H,8-10H2,1H3. The topological polar surface area (TPSA) is 34.4 Å². The third-order valence-corrected chi connectivity index (χ3v) is 3.48. The van der Waals surface area contributed by atoms with E-state index in [2.05, 4.69) is 5.32 Å². The lowest BCUT2D eigenvalue weighted by Crippen LogP contribution is -1.99. The molecule has 0 aliphatic heterocycles. The van der Waals surface area contributed by atoms with E-state index in [0.717, 1.165) is 17.0 Å². The summed E-state index contributed by atoms with van der Waals surface area (Å²) in [6, 6.07) is 11.4. The lowest BCUT2D eigenvalue weighted by atomic mass is 10.2. The number of alkyl halides is 2. The summed E-state index contributed by atoms with van der Waals surface area (Å²) in [4.78, 5) is 0. The molecule has 0 saturated carbocycles. The maximum Gasteiger partial charge on any atom is 0.284 e. The van der Waals surface area contributed by atoms with Crippen LogP contribution in [0.15, 0.2) is 40.8 Å². The Kier molecular flexibility index (Phi) is 6.07. The number of hydrogen-bond donors (Lipinski definition) is 1. The van der Waals surface area contributed by atoms with Gasteiger partial charge in [0.25, 0.3) is 5.76 Å². The third kappa shape index (κ3) is 5.40. The van der Waals surface area contributed by atoms with E-state index in [4.69, 9.17) is 9.15 Å². The van der Waals surface area contributed by atoms with Crippen molar-refractivity contribution >= 4 is 17.4 Å². The summed E-state index contributed by atoms with van der Waals surface area (Å²) in [6.45, 7) is 1.07. The zero-order valence-corrected chi connectivity index (χ0v) is 12.5. The number of thioether (sulfide) groups is 1. The van der Waals surface area contributed by atoms with E-state index in [1.54, 1.807) is 19.2 Å². The number of benzene rings is 1. The van der Waals surface area contributed by atoms with Gasteiger partial charge in [-0.3, -0.25) is 0 Å². The van der Waals surface area contributed by atoms with Gasteiger partial charge in [0.1, 0.15) is 11.5 Å². The molecule has 0 fully saturated rings. The van der Waals surface area contributed by atoms with E-state index >= 15 is 0 Å². The Morgan fingerprint density at radius 2 is 2.05 bits per heavy atom. The van der Waals surface area contributed by atoms with Crippen LogP contribution in [0.5, 0.6) is 0 Å². The summed E-state index contributed by atoms with van der Waals surface area (Å²) in [5, 5.41) is 3.23. The molecule has 2 aromatic rings. The zero-order valence-electron chi connectivity index (χ0n) is 11.6. The van der Waals surface area contributed by atoms with E-state index in [9.17, 15) is 8.78 Å². The van der Waals surface area contributed by atoms with Crippen molar-refractivity contribution in [2.45, 2.75) is 24.7 Å². The highest BCUT2D eigenvalue weighted by molar-refractivity contribution is 7.98. The van der Waals surface area contributed by atoms with Crippen LogP contribution < -0.4 is 5.32 Å². The van der Waals surface area contributed by atoms with Gasteiger partial charge in [-0.15, -0.1) is 0 Å². The minimum absolute atomic E-state index is 0.182. The SMILES string of the molecule is COCc1cccc(NCc2ccc(CSC(F)F)o2)c1. The number of ether oxygens (including phenoxy) is 1. The van der Waals surface area contributed by atoms with E-state index in [1.807, 2.05) is 24.3 Å². The summed E-state index contributed by atoms with van der Waals surface area (Å²) >= 11 is 0.558. The van der Waals surface area contributed by atoms with Gasteiger partial charge >= 0.3 is 0 Å². The summed E-state index contributed by atoms with van der Waals surface area (Å²) in [6.07, 6.45) is 0. The molecule has 1 N–H and O–H groups in total. The Morgan fingerprint density at radius 1 is 1.24 bits per heavy atom. The van der Waals surface area contributed by atoms with E-state index in [-0.39, 0.29) is 5.75 Å². The molecule has 0 atom stereocenters. The van der Waals surface area contributed by atoms with Gasteiger partial charge in [0.05, 0.1) is 18.9 Å². The van der Waals surface area contributed by atoms with E-state index in [0.29, 0.717) is 30.7 Å². The van der Waals surface area contributed by atoms with Gasteiger partial charge in [-0.1, -0.05) is 23.9 Å². The molecule has 0 amide bonds. The Balaban J connectivity index is 1.86. The quantitative estimate of drug-likeness (QED) is 0.778. The lowest BCUT2D eigenvalue weighted by Gasteiger charge is -2.06. The maximum atomic E-state index is 12.1. The molecule has 1 aromatic heterocycles.